The van der Waals surface area contributed by atoms with Crippen molar-refractivity contribution in [3.8, 4) is 17.3 Å². The number of para-hydroxylation sites is 1. The first-order chi connectivity index (χ1) is 16.6. The van der Waals surface area contributed by atoms with Crippen LogP contribution in [0, 0.1) is 5.82 Å². The van der Waals surface area contributed by atoms with Gasteiger partial charge >= 0.3 is 0 Å². The number of likely N-dealkylation sites (tertiary alicyclic amines) is 1. The molecule has 2 aromatic heterocycles. The van der Waals surface area contributed by atoms with E-state index in [1.54, 1.807) is 18.4 Å². The molecular formula is C25H21FN4O3S. The van der Waals surface area contributed by atoms with E-state index >= 15 is 0 Å². The fourth-order valence-electron chi connectivity index (χ4n) is 3.92. The molecule has 1 fully saturated rings. The first-order valence-electron chi connectivity index (χ1n) is 10.9. The van der Waals surface area contributed by atoms with Crippen LogP contribution < -0.4 is 0 Å². The summed E-state index contributed by atoms with van der Waals surface area (Å²) >= 11 is 1.29. The highest BCUT2D eigenvalue weighted by Crippen LogP contribution is 2.34. The Morgan fingerprint density at radius 2 is 1.79 bits per heavy atom. The van der Waals surface area contributed by atoms with Gasteiger partial charge in [0.2, 0.25) is 11.7 Å². The van der Waals surface area contributed by atoms with E-state index in [0.29, 0.717) is 36.1 Å². The summed E-state index contributed by atoms with van der Waals surface area (Å²) in [5, 5.41) is 8.72. The summed E-state index contributed by atoms with van der Waals surface area (Å²) in [7, 11) is 0. The van der Waals surface area contributed by atoms with Crippen LogP contribution in [-0.4, -0.2) is 43.3 Å². The number of nitrogens with zero attached hydrogens (tertiary/aromatic N) is 4. The van der Waals surface area contributed by atoms with Gasteiger partial charge in [0.05, 0.1) is 11.5 Å². The minimum atomic E-state index is -0.511. The number of amides is 2. The Bertz CT molecular complexity index is 1290. The summed E-state index contributed by atoms with van der Waals surface area (Å²) in [6.07, 6.45) is 3.67. The van der Waals surface area contributed by atoms with Gasteiger partial charge in [-0.25, -0.2) is 4.39 Å². The lowest BCUT2D eigenvalue weighted by Gasteiger charge is -2.22. The molecule has 0 spiro atoms. The summed E-state index contributed by atoms with van der Waals surface area (Å²) in [6.45, 7) is 0.328. The molecule has 4 aromatic rings. The van der Waals surface area contributed by atoms with Crippen molar-refractivity contribution < 1.29 is 18.4 Å². The Kier molecular flexibility index (Phi) is 6.27. The molecule has 0 unspecified atom stereocenters. The van der Waals surface area contributed by atoms with Crippen LogP contribution in [0.5, 0.6) is 0 Å². The smallest absolute Gasteiger partial charge is 0.260 e. The average molecular weight is 477 g/mol. The first-order valence-corrected chi connectivity index (χ1v) is 11.8. The lowest BCUT2D eigenvalue weighted by Crippen LogP contribution is -2.41. The predicted octanol–water partition coefficient (Wildman–Crippen LogP) is 4.98. The van der Waals surface area contributed by atoms with E-state index in [1.807, 2.05) is 34.9 Å². The number of aromatic nitrogens is 3. The Hall–Kier alpha value is -3.72. The molecule has 5 rings (SSSR count). The van der Waals surface area contributed by atoms with Crippen LogP contribution in [0.25, 0.3) is 17.3 Å². The highest BCUT2D eigenvalue weighted by atomic mass is 32.2. The van der Waals surface area contributed by atoms with Crippen LogP contribution in [0.1, 0.15) is 29.6 Å². The van der Waals surface area contributed by atoms with E-state index in [1.165, 1.54) is 40.9 Å². The topological polar surface area (TPSA) is 81.2 Å². The fraction of sp³-hybridized carbons (Fsp3) is 0.200. The summed E-state index contributed by atoms with van der Waals surface area (Å²) < 4.78 is 20.7. The van der Waals surface area contributed by atoms with Crippen LogP contribution in [0.3, 0.4) is 0 Å². The third-order valence-electron chi connectivity index (χ3n) is 5.61. The van der Waals surface area contributed by atoms with E-state index in [2.05, 4.69) is 10.2 Å². The highest BCUT2D eigenvalue weighted by Gasteiger charge is 2.34. The Morgan fingerprint density at radius 1 is 1.00 bits per heavy atom. The zero-order valence-electron chi connectivity index (χ0n) is 18.1. The second kappa shape index (κ2) is 9.64. The van der Waals surface area contributed by atoms with E-state index < -0.39 is 17.0 Å². The summed E-state index contributed by atoms with van der Waals surface area (Å²) in [5.74, 6) is -0.0420. The minimum Gasteiger partial charge on any atom is -0.461 e. The van der Waals surface area contributed by atoms with Gasteiger partial charge in [-0.2, -0.15) is 0 Å². The Labute approximate surface area is 199 Å². The van der Waals surface area contributed by atoms with Crippen LogP contribution in [-0.2, 0) is 4.79 Å². The molecule has 34 heavy (non-hydrogen) atoms. The van der Waals surface area contributed by atoms with Crippen LogP contribution >= 0.6 is 11.8 Å². The number of rotatable bonds is 5. The molecule has 7 nitrogen and oxygen atoms in total. The van der Waals surface area contributed by atoms with Crippen molar-refractivity contribution in [2.24, 2.45) is 0 Å². The molecule has 2 amide bonds. The first kappa shape index (κ1) is 22.1. The van der Waals surface area contributed by atoms with Gasteiger partial charge in [-0.1, -0.05) is 36.4 Å². The van der Waals surface area contributed by atoms with Gasteiger partial charge in [0.1, 0.15) is 5.82 Å². The molecule has 0 bridgehead atoms. The molecule has 9 heteroatoms. The monoisotopic (exact) mass is 476 g/mol. The maximum atomic E-state index is 13.4. The van der Waals surface area contributed by atoms with Crippen molar-refractivity contribution in [3.05, 3.63) is 84.4 Å². The zero-order chi connectivity index (χ0) is 23.5. The maximum absolute atomic E-state index is 13.4. The van der Waals surface area contributed by atoms with E-state index in [-0.39, 0.29) is 11.5 Å². The molecular weight excluding hydrogens is 455 g/mol. The molecule has 1 aliphatic heterocycles. The number of furan rings is 1. The average Bonchev–Trinajstić information content (AvgIpc) is 3.50. The van der Waals surface area contributed by atoms with Crippen molar-refractivity contribution in [2.45, 2.75) is 29.7 Å². The lowest BCUT2D eigenvalue weighted by atomic mass is 10.2. The third-order valence-corrected chi connectivity index (χ3v) is 6.81. The van der Waals surface area contributed by atoms with Gasteiger partial charge in [0.15, 0.2) is 10.9 Å². The molecule has 1 aliphatic rings. The van der Waals surface area contributed by atoms with Crippen molar-refractivity contribution in [2.75, 3.05) is 6.54 Å². The molecule has 0 aliphatic carbocycles. The second-order valence-corrected chi connectivity index (χ2v) is 9.03. The summed E-state index contributed by atoms with van der Waals surface area (Å²) in [5.41, 5.74) is 1.12. The van der Waals surface area contributed by atoms with E-state index in [4.69, 9.17) is 4.42 Å². The van der Waals surface area contributed by atoms with Crippen molar-refractivity contribution in [3.63, 3.8) is 0 Å². The SMILES string of the molecule is O=C(c1ccc(F)cc1)N1CCCC[C@@H](Sc2nnc(-c3ccco3)n2-c2ccccc2)C1=O. The van der Waals surface area contributed by atoms with E-state index in [9.17, 15) is 14.0 Å². The molecule has 3 heterocycles. The van der Waals surface area contributed by atoms with Crippen LogP contribution in [0.2, 0.25) is 0 Å². The standard InChI is InChI=1S/C25H21FN4O3S/c26-18-13-11-17(12-14-18)23(31)29-15-5-4-10-21(24(29)32)34-25-28-27-22(20-9-6-16-33-20)30(25)19-7-2-1-3-8-19/h1-3,6-9,11-14,16,21H,4-5,10,15H2/t21-/m1/s1. The lowest BCUT2D eigenvalue weighted by molar-refractivity contribution is -0.127. The van der Waals surface area contributed by atoms with E-state index in [0.717, 1.165) is 12.1 Å². The number of carbonyl (C=O) groups excluding carboxylic acids is 2. The van der Waals surface area contributed by atoms with Gasteiger partial charge in [-0.3, -0.25) is 19.1 Å². The Morgan fingerprint density at radius 3 is 2.53 bits per heavy atom. The molecule has 2 aromatic carbocycles. The number of thioether (sulfide) groups is 1. The number of halogens is 1. The Balaban J connectivity index is 1.46. The number of benzene rings is 2. The normalized spacial score (nSPS) is 16.4. The second-order valence-electron chi connectivity index (χ2n) is 7.86. The maximum Gasteiger partial charge on any atom is 0.260 e. The molecule has 0 N–H and O–H groups in total. The molecule has 172 valence electrons. The predicted molar refractivity (Wildman–Crippen MR) is 125 cm³/mol. The molecule has 1 saturated heterocycles. The fourth-order valence-corrected chi connectivity index (χ4v) is 5.07. The number of hydrogen-bond donors (Lipinski definition) is 0. The largest absolute Gasteiger partial charge is 0.461 e. The minimum absolute atomic E-state index is 0.279. The number of hydrogen-bond acceptors (Lipinski definition) is 6. The van der Waals surface area contributed by atoms with Crippen molar-refractivity contribution >= 4 is 23.6 Å². The van der Waals surface area contributed by atoms with Gasteiger partial charge in [0.25, 0.3) is 5.91 Å². The van der Waals surface area contributed by atoms with Crippen molar-refractivity contribution in [1.29, 1.82) is 0 Å². The van der Waals surface area contributed by atoms with Gasteiger partial charge in [-0.05, 0) is 61.4 Å². The van der Waals surface area contributed by atoms with Gasteiger partial charge < -0.3 is 4.42 Å². The summed E-state index contributed by atoms with van der Waals surface area (Å²) in [6, 6.07) is 18.4. The van der Waals surface area contributed by atoms with Gasteiger partial charge in [0, 0.05) is 17.8 Å². The molecule has 0 saturated carbocycles. The molecule has 0 radical (unpaired) electrons. The van der Waals surface area contributed by atoms with Crippen LogP contribution in [0.15, 0.2) is 82.6 Å². The zero-order valence-corrected chi connectivity index (χ0v) is 19.0. The third kappa shape index (κ3) is 4.38. The quantitative estimate of drug-likeness (QED) is 0.378. The number of carbonyl (C=O) groups is 2. The molecule has 1 atom stereocenters. The number of imide groups is 1. The van der Waals surface area contributed by atoms with Crippen LogP contribution in [0.4, 0.5) is 4.39 Å². The van der Waals surface area contributed by atoms with Gasteiger partial charge in [-0.15, -0.1) is 10.2 Å². The summed E-state index contributed by atoms with van der Waals surface area (Å²) in [4.78, 5) is 27.8. The highest BCUT2D eigenvalue weighted by molar-refractivity contribution is 8.00. The van der Waals surface area contributed by atoms with Crippen molar-refractivity contribution in [1.82, 2.24) is 19.7 Å².